The summed E-state index contributed by atoms with van der Waals surface area (Å²) in [5.41, 5.74) is 0.911. The molecule has 1 unspecified atom stereocenters. The number of ether oxygens (including phenoxy) is 4. The molecule has 130 valence electrons. The number of halogens is 1. The summed E-state index contributed by atoms with van der Waals surface area (Å²) < 4.78 is 23.4. The fraction of sp³-hybridized carbons (Fsp3) is 0.500. The molecule has 1 aliphatic heterocycles. The molecule has 1 aromatic carbocycles. The Kier molecular flexibility index (Phi) is 5.58. The summed E-state index contributed by atoms with van der Waals surface area (Å²) in [6, 6.07) is 7.47. The van der Waals surface area contributed by atoms with Crippen molar-refractivity contribution in [1.82, 2.24) is 0 Å². The van der Waals surface area contributed by atoms with E-state index in [1.807, 2.05) is 30.3 Å². The molecule has 24 heavy (non-hydrogen) atoms. The molecule has 2 aliphatic rings. The van der Waals surface area contributed by atoms with Crippen molar-refractivity contribution >= 4 is 21.9 Å². The number of rotatable bonds is 5. The average molecular weight is 397 g/mol. The molecular weight excluding hydrogens is 376 g/mol. The third-order valence-corrected chi connectivity index (χ3v) is 4.86. The highest BCUT2D eigenvalue weighted by Crippen LogP contribution is 2.37. The molecule has 1 heterocycles. The summed E-state index contributed by atoms with van der Waals surface area (Å²) >= 11 is 3.45. The zero-order valence-electron chi connectivity index (χ0n) is 13.6. The Hall–Kier alpha value is -1.37. The maximum Gasteiger partial charge on any atom is 0.351 e. The molecule has 1 fully saturated rings. The summed E-state index contributed by atoms with van der Waals surface area (Å²) in [5, 5.41) is 0. The maximum absolute atomic E-state index is 12.4. The molecule has 1 atom stereocenters. The molecule has 1 aliphatic carbocycles. The van der Waals surface area contributed by atoms with Crippen LogP contribution in [0.25, 0.3) is 0 Å². The normalized spacial score (nSPS) is 20.5. The van der Waals surface area contributed by atoms with Crippen LogP contribution in [0.3, 0.4) is 0 Å². The average Bonchev–Trinajstić information content (AvgIpc) is 3.04. The van der Waals surface area contributed by atoms with E-state index < -0.39 is 11.9 Å². The first kappa shape index (κ1) is 17.5. The third-order valence-electron chi connectivity index (χ3n) is 4.20. The molecule has 0 aromatic heterocycles. The summed E-state index contributed by atoms with van der Waals surface area (Å²) in [6.07, 6.45) is 3.26. The first-order valence-electron chi connectivity index (χ1n) is 8.18. The van der Waals surface area contributed by atoms with Crippen molar-refractivity contribution in [1.29, 1.82) is 0 Å². The Morgan fingerprint density at radius 3 is 2.71 bits per heavy atom. The molecule has 0 amide bonds. The number of para-hydroxylation sites is 1. The summed E-state index contributed by atoms with van der Waals surface area (Å²) in [5.74, 6) is -0.274. The van der Waals surface area contributed by atoms with Gasteiger partial charge in [-0.1, -0.05) is 18.2 Å². The fourth-order valence-electron chi connectivity index (χ4n) is 2.98. The quantitative estimate of drug-likeness (QED) is 0.561. The molecule has 0 saturated carbocycles. The van der Waals surface area contributed by atoms with E-state index in [0.29, 0.717) is 44.8 Å². The van der Waals surface area contributed by atoms with E-state index in [2.05, 4.69) is 15.9 Å². The van der Waals surface area contributed by atoms with Gasteiger partial charge in [0.1, 0.15) is 5.75 Å². The van der Waals surface area contributed by atoms with Crippen molar-refractivity contribution in [3.63, 3.8) is 0 Å². The summed E-state index contributed by atoms with van der Waals surface area (Å²) in [4.78, 5) is 12.4. The lowest BCUT2D eigenvalue weighted by atomic mass is 9.91. The van der Waals surface area contributed by atoms with E-state index in [0.717, 1.165) is 10.0 Å². The van der Waals surface area contributed by atoms with Crippen LogP contribution in [0.2, 0.25) is 0 Å². The van der Waals surface area contributed by atoms with Gasteiger partial charge in [-0.25, -0.2) is 4.79 Å². The van der Waals surface area contributed by atoms with Crippen molar-refractivity contribution < 1.29 is 23.7 Å². The van der Waals surface area contributed by atoms with E-state index >= 15 is 0 Å². The molecule has 0 bridgehead atoms. The van der Waals surface area contributed by atoms with Gasteiger partial charge < -0.3 is 18.9 Å². The number of hydrogen-bond donors (Lipinski definition) is 0. The van der Waals surface area contributed by atoms with Crippen LogP contribution in [0.5, 0.6) is 5.75 Å². The number of hydrogen-bond acceptors (Lipinski definition) is 5. The van der Waals surface area contributed by atoms with Gasteiger partial charge >= 0.3 is 5.97 Å². The lowest BCUT2D eigenvalue weighted by Gasteiger charge is -2.32. The monoisotopic (exact) mass is 396 g/mol. The van der Waals surface area contributed by atoms with Crippen LogP contribution in [0.4, 0.5) is 0 Å². The highest BCUT2D eigenvalue weighted by molar-refractivity contribution is 9.10. The highest BCUT2D eigenvalue weighted by atomic mass is 79.9. The van der Waals surface area contributed by atoms with Crippen LogP contribution in [0, 0.1) is 0 Å². The van der Waals surface area contributed by atoms with Crippen molar-refractivity contribution in [3.05, 3.63) is 40.4 Å². The molecular formula is C18H21BrO5. The maximum atomic E-state index is 12.4. The Balaban J connectivity index is 1.79. The number of carbonyl (C=O) groups excluding carboxylic acids is 1. The smallest absolute Gasteiger partial charge is 0.351 e. The number of carbonyl (C=O) groups is 1. The van der Waals surface area contributed by atoms with Gasteiger partial charge in [0.25, 0.3) is 0 Å². The minimum absolute atomic E-state index is 0.318. The van der Waals surface area contributed by atoms with Crippen molar-refractivity contribution in [3.8, 4) is 5.75 Å². The Labute approximate surface area is 150 Å². The first-order valence-corrected chi connectivity index (χ1v) is 8.97. The predicted molar refractivity (Wildman–Crippen MR) is 91.8 cm³/mol. The predicted octanol–water partition coefficient (Wildman–Crippen LogP) is 3.61. The SMILES string of the molecule is CCOC(=O)C(Oc1ccccc1Br)C1=CCC2(CC1)OCCO2. The molecule has 1 aromatic rings. The van der Waals surface area contributed by atoms with E-state index in [4.69, 9.17) is 18.9 Å². The molecule has 0 radical (unpaired) electrons. The Morgan fingerprint density at radius 1 is 1.33 bits per heavy atom. The van der Waals surface area contributed by atoms with Crippen molar-refractivity contribution in [2.45, 2.75) is 38.1 Å². The van der Waals surface area contributed by atoms with Gasteiger partial charge in [-0.2, -0.15) is 0 Å². The molecule has 1 spiro atoms. The van der Waals surface area contributed by atoms with E-state index in [-0.39, 0.29) is 5.97 Å². The minimum atomic E-state index is -0.748. The van der Waals surface area contributed by atoms with Crippen LogP contribution in [-0.4, -0.2) is 37.7 Å². The van der Waals surface area contributed by atoms with Gasteiger partial charge in [0.15, 0.2) is 5.79 Å². The van der Waals surface area contributed by atoms with Crippen LogP contribution in [0.15, 0.2) is 40.4 Å². The van der Waals surface area contributed by atoms with Gasteiger partial charge in [-0.05, 0) is 47.0 Å². The van der Waals surface area contributed by atoms with Gasteiger partial charge in [-0.15, -0.1) is 0 Å². The third kappa shape index (κ3) is 3.82. The Bertz CT molecular complexity index is 622. The van der Waals surface area contributed by atoms with Gasteiger partial charge in [0.05, 0.1) is 24.3 Å². The summed E-state index contributed by atoms with van der Waals surface area (Å²) in [7, 11) is 0. The second-order valence-corrected chi connectivity index (χ2v) is 6.63. The number of benzene rings is 1. The lowest BCUT2D eigenvalue weighted by Crippen LogP contribution is -2.37. The summed E-state index contributed by atoms with van der Waals surface area (Å²) in [6.45, 7) is 3.35. The van der Waals surface area contributed by atoms with Gasteiger partial charge in [0.2, 0.25) is 6.10 Å². The second-order valence-electron chi connectivity index (χ2n) is 5.77. The topological polar surface area (TPSA) is 54.0 Å². The largest absolute Gasteiger partial charge is 0.473 e. The van der Waals surface area contributed by atoms with E-state index in [9.17, 15) is 4.79 Å². The molecule has 5 nitrogen and oxygen atoms in total. The van der Waals surface area contributed by atoms with E-state index in [1.165, 1.54) is 0 Å². The first-order chi connectivity index (χ1) is 11.6. The van der Waals surface area contributed by atoms with Crippen LogP contribution >= 0.6 is 15.9 Å². The molecule has 3 rings (SSSR count). The van der Waals surface area contributed by atoms with Crippen LogP contribution < -0.4 is 4.74 Å². The van der Waals surface area contributed by atoms with Gasteiger partial charge in [-0.3, -0.25) is 0 Å². The van der Waals surface area contributed by atoms with Gasteiger partial charge in [0, 0.05) is 12.8 Å². The zero-order valence-corrected chi connectivity index (χ0v) is 15.2. The number of esters is 1. The lowest BCUT2D eigenvalue weighted by molar-refractivity contribution is -0.163. The van der Waals surface area contributed by atoms with E-state index in [1.54, 1.807) is 6.92 Å². The zero-order chi connectivity index (χ0) is 17.0. The van der Waals surface area contributed by atoms with Crippen LogP contribution in [0.1, 0.15) is 26.2 Å². The Morgan fingerprint density at radius 2 is 2.08 bits per heavy atom. The van der Waals surface area contributed by atoms with Crippen molar-refractivity contribution in [2.24, 2.45) is 0 Å². The highest BCUT2D eigenvalue weighted by Gasteiger charge is 2.40. The fourth-order valence-corrected chi connectivity index (χ4v) is 3.36. The van der Waals surface area contributed by atoms with Crippen molar-refractivity contribution in [2.75, 3.05) is 19.8 Å². The minimum Gasteiger partial charge on any atom is -0.473 e. The molecule has 1 saturated heterocycles. The second kappa shape index (κ2) is 7.68. The standard InChI is InChI=1S/C18H21BrO5/c1-2-21-17(20)16(24-15-6-4-3-5-14(15)19)13-7-9-18(10-8-13)22-11-12-23-18/h3-7,16H,2,8-12H2,1H3. The van der Waals surface area contributed by atoms with Crippen LogP contribution in [-0.2, 0) is 19.0 Å². The molecule has 6 heteroatoms. The molecule has 0 N–H and O–H groups in total.